The molecule has 0 aliphatic heterocycles. The van der Waals surface area contributed by atoms with Gasteiger partial charge in [0, 0.05) is 6.42 Å². The first-order chi connectivity index (χ1) is 6.80. The molecule has 0 radical (unpaired) electrons. The summed E-state index contributed by atoms with van der Waals surface area (Å²) in [5.41, 5.74) is 0.286. The van der Waals surface area contributed by atoms with Crippen LogP contribution in [-0.4, -0.2) is 17.4 Å². The minimum atomic E-state index is -4.62. The number of alkyl halides is 3. The Morgan fingerprint density at radius 2 is 1.80 bits per heavy atom. The second kappa shape index (κ2) is 4.60. The summed E-state index contributed by atoms with van der Waals surface area (Å²) < 4.78 is 36.0. The van der Waals surface area contributed by atoms with Gasteiger partial charge < -0.3 is 5.11 Å². The van der Waals surface area contributed by atoms with E-state index >= 15 is 0 Å². The summed E-state index contributed by atoms with van der Waals surface area (Å²) in [4.78, 5) is 0. The second-order valence-corrected chi connectivity index (χ2v) is 3.82. The third-order valence-electron chi connectivity index (χ3n) is 1.79. The van der Waals surface area contributed by atoms with E-state index in [9.17, 15) is 13.2 Å². The molecule has 0 bridgehead atoms. The van der Waals surface area contributed by atoms with Crippen molar-refractivity contribution in [3.63, 3.8) is 0 Å². The highest BCUT2D eigenvalue weighted by molar-refractivity contribution is 6.42. The van der Waals surface area contributed by atoms with Crippen LogP contribution in [0.3, 0.4) is 0 Å². The lowest BCUT2D eigenvalue weighted by atomic mass is 10.1. The van der Waals surface area contributed by atoms with Gasteiger partial charge in [-0.3, -0.25) is 0 Å². The number of aliphatic hydroxyl groups is 1. The highest BCUT2D eigenvalue weighted by Gasteiger charge is 2.37. The Hall–Kier alpha value is -0.450. The molecule has 15 heavy (non-hydrogen) atoms. The molecule has 6 heteroatoms. The van der Waals surface area contributed by atoms with Gasteiger partial charge in [-0.2, -0.15) is 13.2 Å². The second-order valence-electron chi connectivity index (χ2n) is 3.01. The summed E-state index contributed by atoms with van der Waals surface area (Å²) >= 11 is 11.2. The van der Waals surface area contributed by atoms with Crippen molar-refractivity contribution in [2.45, 2.75) is 18.7 Å². The molecule has 0 spiro atoms. The molecule has 0 fully saturated rings. The molecule has 1 nitrogen and oxygen atoms in total. The fraction of sp³-hybridized carbons (Fsp3) is 0.333. The summed E-state index contributed by atoms with van der Waals surface area (Å²) in [6, 6.07) is 4.09. The Morgan fingerprint density at radius 1 is 1.20 bits per heavy atom. The summed E-state index contributed by atoms with van der Waals surface area (Å²) in [7, 11) is 0. The molecule has 0 amide bonds. The zero-order valence-corrected chi connectivity index (χ0v) is 8.87. The number of hydrogen-bond donors (Lipinski definition) is 1. The maximum absolute atomic E-state index is 12.0. The van der Waals surface area contributed by atoms with Gasteiger partial charge in [0.05, 0.1) is 10.0 Å². The highest BCUT2D eigenvalue weighted by atomic mass is 35.5. The third-order valence-corrected chi connectivity index (χ3v) is 2.53. The van der Waals surface area contributed by atoms with E-state index in [1.54, 1.807) is 0 Å². The number of rotatable bonds is 2. The first kappa shape index (κ1) is 12.6. The molecule has 0 aromatic heterocycles. The minimum Gasteiger partial charge on any atom is -0.383 e. The maximum atomic E-state index is 12.0. The molecule has 1 unspecified atom stereocenters. The lowest BCUT2D eigenvalue weighted by Crippen LogP contribution is -2.30. The van der Waals surface area contributed by atoms with Crippen molar-refractivity contribution < 1.29 is 18.3 Å². The largest absolute Gasteiger partial charge is 0.414 e. The first-order valence-corrected chi connectivity index (χ1v) is 4.75. The molecule has 0 heterocycles. The molecular weight excluding hydrogens is 252 g/mol. The van der Waals surface area contributed by atoms with Gasteiger partial charge in [0.25, 0.3) is 0 Å². The fourth-order valence-electron chi connectivity index (χ4n) is 1.01. The summed E-state index contributed by atoms with van der Waals surface area (Å²) in [6.45, 7) is 0. The van der Waals surface area contributed by atoms with Gasteiger partial charge in [-0.25, -0.2) is 0 Å². The quantitative estimate of drug-likeness (QED) is 0.862. The predicted molar refractivity (Wildman–Crippen MR) is 52.2 cm³/mol. The maximum Gasteiger partial charge on any atom is 0.414 e. The van der Waals surface area contributed by atoms with Crippen LogP contribution < -0.4 is 0 Å². The van der Waals surface area contributed by atoms with Crippen molar-refractivity contribution in [2.75, 3.05) is 0 Å². The predicted octanol–water partition coefficient (Wildman–Crippen LogP) is 3.46. The van der Waals surface area contributed by atoms with Gasteiger partial charge in [0.2, 0.25) is 0 Å². The van der Waals surface area contributed by atoms with E-state index in [2.05, 4.69) is 0 Å². The highest BCUT2D eigenvalue weighted by Crippen LogP contribution is 2.26. The van der Waals surface area contributed by atoms with E-state index in [-0.39, 0.29) is 15.6 Å². The van der Waals surface area contributed by atoms with Gasteiger partial charge in [0.1, 0.15) is 0 Å². The Bertz CT molecular complexity index is 352. The molecule has 1 N–H and O–H groups in total. The number of hydrogen-bond acceptors (Lipinski definition) is 1. The summed E-state index contributed by atoms with van der Waals surface area (Å²) in [5, 5.41) is 9.23. The van der Waals surface area contributed by atoms with Gasteiger partial charge in [-0.05, 0) is 17.7 Å². The Balaban J connectivity index is 2.78. The molecule has 1 aromatic rings. The van der Waals surface area contributed by atoms with Gasteiger partial charge in [-0.1, -0.05) is 29.3 Å². The Kier molecular flexibility index (Phi) is 3.87. The first-order valence-electron chi connectivity index (χ1n) is 3.99. The average molecular weight is 259 g/mol. The van der Waals surface area contributed by atoms with Crippen LogP contribution in [0.5, 0.6) is 0 Å². The summed E-state index contributed by atoms with van der Waals surface area (Å²) in [6.07, 6.45) is -7.53. The van der Waals surface area contributed by atoms with Crippen LogP contribution in [0.25, 0.3) is 0 Å². The zero-order valence-electron chi connectivity index (χ0n) is 7.35. The zero-order chi connectivity index (χ0) is 11.6. The Labute approximate surface area is 94.4 Å². The van der Waals surface area contributed by atoms with Crippen LogP contribution in [0.1, 0.15) is 5.56 Å². The Morgan fingerprint density at radius 3 is 2.27 bits per heavy atom. The van der Waals surface area contributed by atoms with Crippen LogP contribution in [0.4, 0.5) is 13.2 Å². The lowest BCUT2D eigenvalue weighted by Gasteiger charge is -2.14. The van der Waals surface area contributed by atoms with E-state index in [0.717, 1.165) is 0 Å². The standard InChI is InChI=1S/C9H7Cl2F3O/c10-6-2-1-5(3-7(6)11)4-8(15)9(12,13)14/h1-3,8,15H,4H2. The molecule has 0 aliphatic rings. The molecule has 1 atom stereocenters. The molecule has 0 aliphatic carbocycles. The fourth-order valence-corrected chi connectivity index (χ4v) is 1.33. The van der Waals surface area contributed by atoms with Crippen LogP contribution in [-0.2, 0) is 6.42 Å². The lowest BCUT2D eigenvalue weighted by molar-refractivity contribution is -0.203. The smallest absolute Gasteiger partial charge is 0.383 e. The van der Waals surface area contributed by atoms with Gasteiger partial charge >= 0.3 is 6.18 Å². The molecule has 84 valence electrons. The van der Waals surface area contributed by atoms with Crippen molar-refractivity contribution in [2.24, 2.45) is 0 Å². The molecule has 1 aromatic carbocycles. The van der Waals surface area contributed by atoms with Crippen LogP contribution in [0.15, 0.2) is 18.2 Å². The molecular formula is C9H7Cl2F3O. The van der Waals surface area contributed by atoms with Gasteiger partial charge in [-0.15, -0.1) is 0 Å². The van der Waals surface area contributed by atoms with E-state index < -0.39 is 18.7 Å². The van der Waals surface area contributed by atoms with Crippen molar-refractivity contribution in [3.05, 3.63) is 33.8 Å². The molecule has 0 saturated heterocycles. The number of aliphatic hydroxyl groups excluding tert-OH is 1. The van der Waals surface area contributed by atoms with Crippen molar-refractivity contribution >= 4 is 23.2 Å². The topological polar surface area (TPSA) is 20.2 Å². The van der Waals surface area contributed by atoms with Gasteiger partial charge in [0.15, 0.2) is 6.10 Å². The monoisotopic (exact) mass is 258 g/mol. The number of benzene rings is 1. The normalized spacial score (nSPS) is 14.0. The average Bonchev–Trinajstić information content (AvgIpc) is 2.10. The molecule has 1 rings (SSSR count). The van der Waals surface area contributed by atoms with Crippen molar-refractivity contribution in [1.82, 2.24) is 0 Å². The van der Waals surface area contributed by atoms with Crippen LogP contribution in [0, 0.1) is 0 Å². The summed E-state index contributed by atoms with van der Waals surface area (Å²) in [5.74, 6) is 0. The number of halogens is 5. The van der Waals surface area contributed by atoms with E-state index in [1.807, 2.05) is 0 Å². The van der Waals surface area contributed by atoms with Crippen molar-refractivity contribution in [1.29, 1.82) is 0 Å². The van der Waals surface area contributed by atoms with Crippen LogP contribution >= 0.6 is 23.2 Å². The minimum absolute atomic E-state index is 0.170. The van der Waals surface area contributed by atoms with E-state index in [0.29, 0.717) is 0 Å². The van der Waals surface area contributed by atoms with E-state index in [4.69, 9.17) is 28.3 Å². The van der Waals surface area contributed by atoms with E-state index in [1.165, 1.54) is 18.2 Å². The third kappa shape index (κ3) is 3.55. The SMILES string of the molecule is OC(Cc1ccc(Cl)c(Cl)c1)C(F)(F)F. The van der Waals surface area contributed by atoms with Crippen molar-refractivity contribution in [3.8, 4) is 0 Å². The van der Waals surface area contributed by atoms with Crippen LogP contribution in [0.2, 0.25) is 10.0 Å². The molecule has 0 saturated carbocycles.